The second kappa shape index (κ2) is 5.10. The van der Waals surface area contributed by atoms with Crippen molar-refractivity contribution in [3.05, 3.63) is 47.5 Å². The first kappa shape index (κ1) is 14.0. The lowest BCUT2D eigenvalue weighted by molar-refractivity contribution is 0.0175. The van der Waals surface area contributed by atoms with Gasteiger partial charge < -0.3 is 4.74 Å². The molecular weight excluding hydrogens is 272 g/mol. The summed E-state index contributed by atoms with van der Waals surface area (Å²) in [4.78, 5) is 4.50. The van der Waals surface area contributed by atoms with Crippen molar-refractivity contribution in [2.24, 2.45) is 0 Å². The maximum Gasteiger partial charge on any atom is 0.270 e. The molecule has 0 aliphatic heterocycles. The van der Waals surface area contributed by atoms with Crippen molar-refractivity contribution in [3.8, 4) is 17.1 Å². The number of halogens is 2. The summed E-state index contributed by atoms with van der Waals surface area (Å²) in [6.07, 6.45) is 2.36. The summed E-state index contributed by atoms with van der Waals surface area (Å²) in [5.41, 5.74) is 2.69. The van der Waals surface area contributed by atoms with Crippen LogP contribution in [0.1, 0.15) is 36.8 Å². The Morgan fingerprint density at radius 1 is 1.10 bits per heavy atom. The van der Waals surface area contributed by atoms with Crippen LogP contribution in [0.4, 0.5) is 8.78 Å². The highest BCUT2D eigenvalue weighted by molar-refractivity contribution is 5.61. The van der Waals surface area contributed by atoms with Crippen LogP contribution in [0.15, 0.2) is 36.4 Å². The molecule has 0 N–H and O–H groups in total. The average molecular weight is 289 g/mol. The van der Waals surface area contributed by atoms with Gasteiger partial charge in [0.15, 0.2) is 0 Å². The highest BCUT2D eigenvalue weighted by Gasteiger charge is 2.28. The van der Waals surface area contributed by atoms with Crippen LogP contribution < -0.4 is 4.74 Å². The number of ether oxygens (including phenoxy) is 1. The van der Waals surface area contributed by atoms with Crippen molar-refractivity contribution in [1.82, 2.24) is 4.98 Å². The van der Waals surface area contributed by atoms with Gasteiger partial charge in [-0.15, -0.1) is 0 Å². The van der Waals surface area contributed by atoms with Crippen LogP contribution in [-0.2, 0) is 5.92 Å². The summed E-state index contributed by atoms with van der Waals surface area (Å²) < 4.78 is 31.8. The molecule has 0 amide bonds. The summed E-state index contributed by atoms with van der Waals surface area (Å²) in [6.45, 7) is 0.897. The molecule has 1 aliphatic rings. The number of benzene rings is 1. The van der Waals surface area contributed by atoms with E-state index in [0.29, 0.717) is 11.8 Å². The third kappa shape index (κ3) is 2.89. The Balaban J connectivity index is 1.93. The van der Waals surface area contributed by atoms with E-state index in [4.69, 9.17) is 4.74 Å². The zero-order chi connectivity index (χ0) is 15.0. The van der Waals surface area contributed by atoms with Crippen LogP contribution in [0.5, 0.6) is 5.88 Å². The molecule has 1 heterocycles. The zero-order valence-corrected chi connectivity index (χ0v) is 12.1. The number of hydrogen-bond acceptors (Lipinski definition) is 2. The first-order valence-corrected chi connectivity index (χ1v) is 7.02. The van der Waals surface area contributed by atoms with E-state index in [1.165, 1.54) is 25.0 Å². The molecule has 2 nitrogen and oxygen atoms in total. The van der Waals surface area contributed by atoms with Gasteiger partial charge in [-0.3, -0.25) is 0 Å². The molecule has 21 heavy (non-hydrogen) atoms. The van der Waals surface area contributed by atoms with E-state index in [0.717, 1.165) is 23.7 Å². The molecule has 1 aliphatic carbocycles. The van der Waals surface area contributed by atoms with Gasteiger partial charge in [0.05, 0.1) is 12.8 Å². The molecule has 0 atom stereocenters. The van der Waals surface area contributed by atoms with Crippen molar-refractivity contribution in [1.29, 1.82) is 0 Å². The van der Waals surface area contributed by atoms with Crippen molar-refractivity contribution in [2.75, 3.05) is 7.11 Å². The first-order chi connectivity index (χ1) is 9.99. The lowest BCUT2D eigenvalue weighted by atomic mass is 10.0. The van der Waals surface area contributed by atoms with Gasteiger partial charge in [-0.2, -0.15) is 0 Å². The molecule has 0 radical (unpaired) electrons. The molecule has 1 fully saturated rings. The second-order valence-corrected chi connectivity index (χ2v) is 5.53. The predicted molar refractivity (Wildman–Crippen MR) is 77.8 cm³/mol. The van der Waals surface area contributed by atoms with Crippen LogP contribution in [0.2, 0.25) is 0 Å². The Kier molecular flexibility index (Phi) is 3.40. The number of rotatable bonds is 4. The molecular formula is C17H17F2NO. The van der Waals surface area contributed by atoms with Crippen molar-refractivity contribution in [2.45, 2.75) is 31.6 Å². The molecule has 0 unspecified atom stereocenters. The molecule has 0 saturated heterocycles. The fourth-order valence-electron chi connectivity index (χ4n) is 2.41. The number of methoxy groups -OCH3 is 1. The van der Waals surface area contributed by atoms with E-state index in [-0.39, 0.29) is 5.56 Å². The summed E-state index contributed by atoms with van der Waals surface area (Å²) in [5, 5.41) is 0. The van der Waals surface area contributed by atoms with E-state index in [1.807, 2.05) is 12.1 Å². The number of pyridine rings is 1. The summed E-state index contributed by atoms with van der Waals surface area (Å²) >= 11 is 0. The second-order valence-electron chi connectivity index (χ2n) is 5.53. The topological polar surface area (TPSA) is 22.1 Å². The van der Waals surface area contributed by atoms with Gasteiger partial charge in [-0.1, -0.05) is 30.3 Å². The molecule has 2 aromatic rings. The lowest BCUT2D eigenvalue weighted by Crippen LogP contribution is -2.06. The highest BCUT2D eigenvalue weighted by atomic mass is 19.3. The van der Waals surface area contributed by atoms with E-state index in [1.54, 1.807) is 19.2 Å². The van der Waals surface area contributed by atoms with Crippen molar-refractivity contribution < 1.29 is 13.5 Å². The molecule has 0 bridgehead atoms. The SMILES string of the molecule is COc1nc(-c2ccc(C(C)(F)F)cc2)ccc1C1CC1. The largest absolute Gasteiger partial charge is 0.481 e. The third-order valence-corrected chi connectivity index (χ3v) is 3.79. The van der Waals surface area contributed by atoms with E-state index < -0.39 is 5.92 Å². The Hall–Kier alpha value is -1.97. The highest BCUT2D eigenvalue weighted by Crippen LogP contribution is 2.44. The smallest absolute Gasteiger partial charge is 0.270 e. The number of alkyl halides is 2. The van der Waals surface area contributed by atoms with Gasteiger partial charge in [-0.05, 0) is 24.8 Å². The monoisotopic (exact) mass is 289 g/mol. The maximum absolute atomic E-state index is 13.2. The van der Waals surface area contributed by atoms with Gasteiger partial charge in [-0.25, -0.2) is 13.8 Å². The number of aromatic nitrogens is 1. The third-order valence-electron chi connectivity index (χ3n) is 3.79. The maximum atomic E-state index is 13.2. The van der Waals surface area contributed by atoms with Crippen LogP contribution in [0.25, 0.3) is 11.3 Å². The van der Waals surface area contributed by atoms with Gasteiger partial charge in [0.2, 0.25) is 5.88 Å². The summed E-state index contributed by atoms with van der Waals surface area (Å²) in [5.74, 6) is -1.62. The summed E-state index contributed by atoms with van der Waals surface area (Å²) in [7, 11) is 1.61. The summed E-state index contributed by atoms with van der Waals surface area (Å²) in [6, 6.07) is 10.2. The van der Waals surface area contributed by atoms with Crippen molar-refractivity contribution >= 4 is 0 Å². The van der Waals surface area contributed by atoms with Gasteiger partial charge >= 0.3 is 0 Å². The van der Waals surface area contributed by atoms with Gasteiger partial charge in [0, 0.05) is 23.6 Å². The quantitative estimate of drug-likeness (QED) is 0.810. The molecule has 0 spiro atoms. The number of nitrogens with zero attached hydrogens (tertiary/aromatic N) is 1. The van der Waals surface area contributed by atoms with Crippen LogP contribution in [-0.4, -0.2) is 12.1 Å². The van der Waals surface area contributed by atoms with Gasteiger partial charge in [0.25, 0.3) is 5.92 Å². The van der Waals surface area contributed by atoms with E-state index in [2.05, 4.69) is 4.98 Å². The van der Waals surface area contributed by atoms with Crippen LogP contribution in [0.3, 0.4) is 0 Å². The minimum Gasteiger partial charge on any atom is -0.481 e. The minimum atomic E-state index is -2.82. The Morgan fingerprint density at radius 3 is 2.29 bits per heavy atom. The normalized spacial score (nSPS) is 15.0. The zero-order valence-electron chi connectivity index (χ0n) is 12.1. The molecule has 1 aromatic carbocycles. The molecule has 1 saturated carbocycles. The number of hydrogen-bond donors (Lipinski definition) is 0. The van der Waals surface area contributed by atoms with Crippen molar-refractivity contribution in [3.63, 3.8) is 0 Å². The first-order valence-electron chi connectivity index (χ1n) is 7.02. The van der Waals surface area contributed by atoms with E-state index >= 15 is 0 Å². The predicted octanol–water partition coefficient (Wildman–Crippen LogP) is 4.75. The van der Waals surface area contributed by atoms with E-state index in [9.17, 15) is 8.78 Å². The molecule has 1 aromatic heterocycles. The molecule has 3 rings (SSSR count). The van der Waals surface area contributed by atoms with Gasteiger partial charge in [0.1, 0.15) is 0 Å². The Bertz CT molecular complexity index is 643. The fraction of sp³-hybridized carbons (Fsp3) is 0.353. The van der Waals surface area contributed by atoms with Crippen LogP contribution >= 0.6 is 0 Å². The van der Waals surface area contributed by atoms with Crippen LogP contribution in [0, 0.1) is 0 Å². The molecule has 110 valence electrons. The molecule has 4 heteroatoms. The Morgan fingerprint density at radius 2 is 1.76 bits per heavy atom. The lowest BCUT2D eigenvalue weighted by Gasteiger charge is -2.12. The average Bonchev–Trinajstić information content (AvgIpc) is 3.30. The Labute approximate surface area is 122 Å². The fourth-order valence-corrected chi connectivity index (χ4v) is 2.41. The minimum absolute atomic E-state index is 0.00724. The standard InChI is InChI=1S/C17H17F2NO/c1-17(18,19)13-7-5-12(6-8-13)15-10-9-14(11-3-4-11)16(20-15)21-2/h5-11H,3-4H2,1-2H3.